The SMILES string of the molecule is CC1CCN(CCc2ccc(Oc3nc4ccccc4s3)cc2)CC1. The van der Waals surface area contributed by atoms with Gasteiger partial charge in [-0.1, -0.05) is 42.5 Å². The van der Waals surface area contributed by atoms with Gasteiger partial charge in [0.05, 0.1) is 10.2 Å². The van der Waals surface area contributed by atoms with Gasteiger partial charge in [-0.2, -0.15) is 0 Å². The van der Waals surface area contributed by atoms with E-state index in [-0.39, 0.29) is 0 Å². The summed E-state index contributed by atoms with van der Waals surface area (Å²) >= 11 is 1.59. The molecule has 25 heavy (non-hydrogen) atoms. The monoisotopic (exact) mass is 352 g/mol. The zero-order valence-corrected chi connectivity index (χ0v) is 15.5. The summed E-state index contributed by atoms with van der Waals surface area (Å²) < 4.78 is 7.08. The van der Waals surface area contributed by atoms with Crippen LogP contribution in [0.4, 0.5) is 0 Å². The number of nitrogens with zero attached hydrogens (tertiary/aromatic N) is 2. The van der Waals surface area contributed by atoms with Crippen LogP contribution in [-0.2, 0) is 6.42 Å². The molecule has 0 amide bonds. The molecule has 0 aliphatic carbocycles. The van der Waals surface area contributed by atoms with Crippen LogP contribution in [0.5, 0.6) is 10.9 Å². The molecule has 3 nitrogen and oxygen atoms in total. The van der Waals surface area contributed by atoms with Crippen molar-refractivity contribution < 1.29 is 4.74 Å². The molecule has 130 valence electrons. The van der Waals surface area contributed by atoms with Crippen LogP contribution in [0.1, 0.15) is 25.3 Å². The van der Waals surface area contributed by atoms with Crippen molar-refractivity contribution in [1.82, 2.24) is 9.88 Å². The minimum atomic E-state index is 0.705. The Hall–Kier alpha value is -1.91. The molecule has 0 saturated carbocycles. The van der Waals surface area contributed by atoms with Gasteiger partial charge in [0.1, 0.15) is 5.75 Å². The van der Waals surface area contributed by atoms with Gasteiger partial charge in [0.25, 0.3) is 5.19 Å². The van der Waals surface area contributed by atoms with Gasteiger partial charge in [-0.25, -0.2) is 4.98 Å². The Morgan fingerprint density at radius 1 is 1.08 bits per heavy atom. The summed E-state index contributed by atoms with van der Waals surface area (Å²) in [6.07, 6.45) is 3.79. The molecule has 4 heteroatoms. The highest BCUT2D eigenvalue weighted by Gasteiger charge is 2.15. The molecule has 1 fully saturated rings. The Morgan fingerprint density at radius 3 is 2.60 bits per heavy atom. The van der Waals surface area contributed by atoms with Crippen LogP contribution in [0.2, 0.25) is 0 Å². The molecule has 1 aromatic heterocycles. The van der Waals surface area contributed by atoms with E-state index in [0.717, 1.165) is 34.8 Å². The van der Waals surface area contributed by atoms with Gasteiger partial charge in [-0.15, -0.1) is 0 Å². The van der Waals surface area contributed by atoms with Crippen molar-refractivity contribution in [2.45, 2.75) is 26.2 Å². The summed E-state index contributed by atoms with van der Waals surface area (Å²) in [5.74, 6) is 1.75. The number of fused-ring (bicyclic) bond motifs is 1. The lowest BCUT2D eigenvalue weighted by Gasteiger charge is -2.30. The Labute approximate surface area is 153 Å². The Morgan fingerprint density at radius 2 is 1.84 bits per heavy atom. The first-order chi connectivity index (χ1) is 12.3. The van der Waals surface area contributed by atoms with Gasteiger partial charge >= 0.3 is 0 Å². The molecule has 0 N–H and O–H groups in total. The molecule has 1 aliphatic rings. The maximum atomic E-state index is 5.92. The summed E-state index contributed by atoms with van der Waals surface area (Å²) in [6, 6.07) is 16.6. The largest absolute Gasteiger partial charge is 0.431 e. The topological polar surface area (TPSA) is 25.4 Å². The number of benzene rings is 2. The predicted octanol–water partition coefficient (Wildman–Crippen LogP) is 5.36. The number of hydrogen-bond donors (Lipinski definition) is 0. The van der Waals surface area contributed by atoms with Crippen LogP contribution < -0.4 is 4.74 Å². The maximum Gasteiger partial charge on any atom is 0.279 e. The fourth-order valence-corrected chi connectivity index (χ4v) is 4.13. The van der Waals surface area contributed by atoms with Gasteiger partial charge in [-0.3, -0.25) is 0 Å². The lowest BCUT2D eigenvalue weighted by atomic mass is 9.99. The van der Waals surface area contributed by atoms with E-state index in [0.29, 0.717) is 5.19 Å². The molecular formula is C21H24N2OS. The number of aromatic nitrogens is 1. The van der Waals surface area contributed by atoms with E-state index in [4.69, 9.17) is 4.74 Å². The van der Waals surface area contributed by atoms with Crippen molar-refractivity contribution >= 4 is 21.6 Å². The van der Waals surface area contributed by atoms with Crippen molar-refractivity contribution in [2.75, 3.05) is 19.6 Å². The predicted molar refractivity (Wildman–Crippen MR) is 105 cm³/mol. The zero-order valence-electron chi connectivity index (χ0n) is 14.6. The average molecular weight is 353 g/mol. The third-order valence-corrected chi connectivity index (χ3v) is 5.91. The molecule has 0 spiro atoms. The molecule has 0 bridgehead atoms. The minimum absolute atomic E-state index is 0.705. The number of para-hydroxylation sites is 1. The standard InChI is InChI=1S/C21H24N2OS/c1-16-10-13-23(14-11-16)15-12-17-6-8-18(9-7-17)24-21-22-19-4-2-3-5-20(19)25-21/h2-9,16H,10-15H2,1H3. The van der Waals surface area contributed by atoms with E-state index in [1.165, 1.54) is 31.5 Å². The molecule has 1 aliphatic heterocycles. The van der Waals surface area contributed by atoms with Crippen LogP contribution in [0.3, 0.4) is 0 Å². The van der Waals surface area contributed by atoms with Gasteiger partial charge in [0, 0.05) is 6.54 Å². The lowest BCUT2D eigenvalue weighted by molar-refractivity contribution is 0.194. The fraction of sp³-hybridized carbons (Fsp3) is 0.381. The summed E-state index contributed by atoms with van der Waals surface area (Å²) in [5.41, 5.74) is 2.37. The van der Waals surface area contributed by atoms with E-state index in [1.807, 2.05) is 18.2 Å². The highest BCUT2D eigenvalue weighted by atomic mass is 32.1. The van der Waals surface area contributed by atoms with E-state index in [9.17, 15) is 0 Å². The second-order valence-electron chi connectivity index (χ2n) is 6.97. The van der Waals surface area contributed by atoms with Crippen molar-refractivity contribution in [1.29, 1.82) is 0 Å². The van der Waals surface area contributed by atoms with Crippen molar-refractivity contribution in [3.8, 4) is 10.9 Å². The summed E-state index contributed by atoms with van der Waals surface area (Å²) in [4.78, 5) is 7.11. The minimum Gasteiger partial charge on any atom is -0.431 e. The maximum absolute atomic E-state index is 5.92. The van der Waals surface area contributed by atoms with E-state index < -0.39 is 0 Å². The van der Waals surface area contributed by atoms with Gasteiger partial charge in [0.15, 0.2) is 0 Å². The molecule has 0 unspecified atom stereocenters. The smallest absolute Gasteiger partial charge is 0.279 e. The van der Waals surface area contributed by atoms with Crippen LogP contribution in [0, 0.1) is 5.92 Å². The molecule has 3 aromatic rings. The highest BCUT2D eigenvalue weighted by molar-refractivity contribution is 7.20. The van der Waals surface area contributed by atoms with Crippen LogP contribution in [0.25, 0.3) is 10.2 Å². The van der Waals surface area contributed by atoms with E-state index in [1.54, 1.807) is 11.3 Å². The first-order valence-corrected chi connectivity index (χ1v) is 9.93. The average Bonchev–Trinajstić information content (AvgIpc) is 3.05. The molecule has 0 atom stereocenters. The molecule has 2 heterocycles. The zero-order chi connectivity index (χ0) is 17.1. The first kappa shape index (κ1) is 16.6. The first-order valence-electron chi connectivity index (χ1n) is 9.11. The van der Waals surface area contributed by atoms with Crippen molar-refractivity contribution in [3.05, 3.63) is 54.1 Å². The number of piperidine rings is 1. The van der Waals surface area contributed by atoms with E-state index in [2.05, 4.69) is 47.1 Å². The molecule has 1 saturated heterocycles. The normalized spacial score (nSPS) is 16.4. The molecule has 4 rings (SSSR count). The van der Waals surface area contributed by atoms with Crippen LogP contribution in [-0.4, -0.2) is 29.5 Å². The quantitative estimate of drug-likeness (QED) is 0.618. The van der Waals surface area contributed by atoms with Gasteiger partial charge < -0.3 is 9.64 Å². The number of thiazole rings is 1. The van der Waals surface area contributed by atoms with Gasteiger partial charge in [-0.05, 0) is 68.1 Å². The summed E-state index contributed by atoms with van der Waals surface area (Å²) in [6.45, 7) is 6.02. The molecule has 2 aromatic carbocycles. The number of rotatable bonds is 5. The summed E-state index contributed by atoms with van der Waals surface area (Å²) in [5, 5.41) is 0.705. The number of likely N-dealkylation sites (tertiary alicyclic amines) is 1. The van der Waals surface area contributed by atoms with Gasteiger partial charge in [0.2, 0.25) is 0 Å². The Kier molecular flexibility index (Phi) is 4.99. The third kappa shape index (κ3) is 4.20. The highest BCUT2D eigenvalue weighted by Crippen LogP contribution is 2.31. The lowest BCUT2D eigenvalue weighted by Crippen LogP contribution is -2.34. The van der Waals surface area contributed by atoms with E-state index >= 15 is 0 Å². The van der Waals surface area contributed by atoms with Crippen molar-refractivity contribution in [3.63, 3.8) is 0 Å². The van der Waals surface area contributed by atoms with Crippen LogP contribution >= 0.6 is 11.3 Å². The third-order valence-electron chi connectivity index (χ3n) is 5.00. The van der Waals surface area contributed by atoms with Crippen LogP contribution in [0.15, 0.2) is 48.5 Å². The fourth-order valence-electron chi connectivity index (χ4n) is 3.29. The second-order valence-corrected chi connectivity index (χ2v) is 7.96. The number of hydrogen-bond acceptors (Lipinski definition) is 4. The second kappa shape index (κ2) is 7.54. The molecule has 0 radical (unpaired) electrons. The Bertz CT molecular complexity index is 786. The molecular weight excluding hydrogens is 328 g/mol. The Balaban J connectivity index is 1.33. The summed E-state index contributed by atoms with van der Waals surface area (Å²) in [7, 11) is 0. The van der Waals surface area contributed by atoms with Crippen molar-refractivity contribution in [2.24, 2.45) is 5.92 Å². The number of ether oxygens (including phenoxy) is 1.